The molecule has 6 nitrogen and oxygen atoms in total. The third-order valence-electron chi connectivity index (χ3n) is 4.76. The monoisotopic (exact) mass is 399 g/mol. The molecule has 4 rings (SSSR count). The summed E-state index contributed by atoms with van der Waals surface area (Å²) in [6.07, 6.45) is -0.745. The number of aromatic nitrogens is 4. The Morgan fingerprint density at radius 3 is 2.54 bits per heavy atom. The van der Waals surface area contributed by atoms with E-state index in [4.69, 9.17) is 0 Å². The van der Waals surface area contributed by atoms with Gasteiger partial charge in [0, 0.05) is 24.8 Å². The van der Waals surface area contributed by atoms with Gasteiger partial charge in [-0.15, -0.1) is 0 Å². The molecule has 0 atom stereocenters. The Balaban J connectivity index is 1.86. The molecule has 0 aliphatic heterocycles. The van der Waals surface area contributed by atoms with Crippen LogP contribution in [0.4, 0.5) is 27.9 Å². The molecular weight excluding hydrogens is 385 g/mol. The van der Waals surface area contributed by atoms with Gasteiger partial charge in [-0.2, -0.15) is 23.3 Å². The molecule has 1 aliphatic rings. The summed E-state index contributed by atoms with van der Waals surface area (Å²) in [6, 6.07) is 0.540. The maximum Gasteiger partial charge on any atom is 0.419 e. The van der Waals surface area contributed by atoms with Gasteiger partial charge in [0.25, 0.3) is 0 Å². The molecule has 0 unspecified atom stereocenters. The van der Waals surface area contributed by atoms with Crippen LogP contribution in [0.25, 0.3) is 22.3 Å². The van der Waals surface area contributed by atoms with Crippen molar-refractivity contribution in [2.75, 3.05) is 5.32 Å². The summed E-state index contributed by atoms with van der Waals surface area (Å²) < 4.78 is 68.5. The van der Waals surface area contributed by atoms with Crippen LogP contribution in [0.1, 0.15) is 24.8 Å². The predicted octanol–water partition coefficient (Wildman–Crippen LogP) is 4.00. The number of hydrogen-bond donors (Lipinski definition) is 2. The molecule has 1 aliphatic carbocycles. The second-order valence-electron chi connectivity index (χ2n) is 6.62. The van der Waals surface area contributed by atoms with Crippen molar-refractivity contribution >= 4 is 17.0 Å². The highest BCUT2D eigenvalue weighted by atomic mass is 19.4. The minimum Gasteiger partial charge on any atom is -0.503 e. The fourth-order valence-corrected chi connectivity index (χ4v) is 3.04. The molecule has 0 bridgehead atoms. The summed E-state index contributed by atoms with van der Waals surface area (Å²) in [4.78, 5) is 8.39. The lowest BCUT2D eigenvalue weighted by molar-refractivity contribution is -0.140. The van der Waals surface area contributed by atoms with E-state index < -0.39 is 34.7 Å². The van der Waals surface area contributed by atoms with E-state index >= 15 is 0 Å². The lowest BCUT2D eigenvalue weighted by atomic mass is 9.93. The summed E-state index contributed by atoms with van der Waals surface area (Å²) in [6.45, 7) is 0. The molecule has 0 spiro atoms. The molecule has 0 saturated heterocycles. The van der Waals surface area contributed by atoms with E-state index in [0.717, 1.165) is 19.3 Å². The van der Waals surface area contributed by atoms with Gasteiger partial charge in [0.05, 0.1) is 10.9 Å². The summed E-state index contributed by atoms with van der Waals surface area (Å²) in [5, 5.41) is 16.8. The quantitative estimate of drug-likeness (QED) is 0.652. The van der Waals surface area contributed by atoms with Gasteiger partial charge in [0.1, 0.15) is 5.69 Å². The fourth-order valence-electron chi connectivity index (χ4n) is 3.04. The third kappa shape index (κ3) is 2.90. The van der Waals surface area contributed by atoms with Crippen LogP contribution in [0.5, 0.6) is 5.75 Å². The van der Waals surface area contributed by atoms with Gasteiger partial charge in [-0.05, 0) is 25.3 Å². The van der Waals surface area contributed by atoms with Crippen LogP contribution in [0.15, 0.2) is 12.3 Å². The fraction of sp³-hybridized carbons (Fsp3) is 0.353. The maximum absolute atomic E-state index is 14.4. The molecule has 2 aromatic heterocycles. The number of aromatic hydroxyl groups is 1. The molecule has 3 aromatic rings. The topological polar surface area (TPSA) is 75.9 Å². The van der Waals surface area contributed by atoms with Gasteiger partial charge in [0.2, 0.25) is 5.95 Å². The van der Waals surface area contributed by atoms with E-state index in [1.807, 2.05) is 0 Å². The first kappa shape index (κ1) is 18.4. The number of phenolic OH excluding ortho intramolecular Hbond substituents is 1. The van der Waals surface area contributed by atoms with Gasteiger partial charge in [0.15, 0.2) is 23.0 Å². The average Bonchev–Trinajstić information content (AvgIpc) is 2.91. The Bertz CT molecular complexity index is 1070. The minimum atomic E-state index is -5.12. The molecule has 0 amide bonds. The predicted molar refractivity (Wildman–Crippen MR) is 89.6 cm³/mol. The Labute approximate surface area is 155 Å². The van der Waals surface area contributed by atoms with Crippen molar-refractivity contribution in [3.8, 4) is 17.0 Å². The SMILES string of the molecule is Cn1nc(-c2cc(C(F)(F)F)c(F)c(O)c2F)c2cnc(NC3CCC3)nc21. The second kappa shape index (κ2) is 6.28. The highest BCUT2D eigenvalue weighted by molar-refractivity contribution is 5.91. The molecule has 0 radical (unpaired) electrons. The molecule has 148 valence electrons. The number of nitrogens with zero attached hydrogens (tertiary/aromatic N) is 4. The number of hydrogen-bond acceptors (Lipinski definition) is 5. The van der Waals surface area contributed by atoms with Crippen LogP contribution in [0.3, 0.4) is 0 Å². The van der Waals surface area contributed by atoms with Crippen LogP contribution in [-0.2, 0) is 13.2 Å². The van der Waals surface area contributed by atoms with Crippen molar-refractivity contribution in [3.05, 3.63) is 29.5 Å². The van der Waals surface area contributed by atoms with E-state index in [1.54, 1.807) is 0 Å². The first-order valence-electron chi connectivity index (χ1n) is 8.41. The molecule has 11 heteroatoms. The highest BCUT2D eigenvalue weighted by Crippen LogP contribution is 2.41. The van der Waals surface area contributed by atoms with E-state index in [-0.39, 0.29) is 28.8 Å². The standard InChI is InChI=1S/C17H14F5N5O/c1-27-15-9(6-23-16(25-15)24-7-3-2-4-7)13(26-27)8-5-10(17(20,21)22)12(19)14(28)11(8)18/h5-7,28H,2-4H2,1H3,(H,23,24,25). The smallest absolute Gasteiger partial charge is 0.419 e. The van der Waals surface area contributed by atoms with E-state index in [2.05, 4.69) is 20.4 Å². The van der Waals surface area contributed by atoms with Crippen molar-refractivity contribution in [1.82, 2.24) is 19.7 Å². The normalized spacial score (nSPS) is 15.1. The first-order valence-corrected chi connectivity index (χ1v) is 8.41. The number of benzene rings is 1. The minimum absolute atomic E-state index is 0.166. The van der Waals surface area contributed by atoms with Crippen LogP contribution in [-0.4, -0.2) is 30.9 Å². The largest absolute Gasteiger partial charge is 0.503 e. The number of anilines is 1. The molecule has 1 fully saturated rings. The Morgan fingerprint density at radius 1 is 1.21 bits per heavy atom. The number of phenols is 1. The summed E-state index contributed by atoms with van der Waals surface area (Å²) in [5.41, 5.74) is -2.46. The number of halogens is 5. The summed E-state index contributed by atoms with van der Waals surface area (Å²) >= 11 is 0. The molecule has 1 saturated carbocycles. The zero-order valence-corrected chi connectivity index (χ0v) is 14.5. The van der Waals surface area contributed by atoms with Crippen LogP contribution >= 0.6 is 0 Å². The Kier molecular flexibility index (Phi) is 4.12. The lowest BCUT2D eigenvalue weighted by Crippen LogP contribution is -2.28. The zero-order valence-electron chi connectivity index (χ0n) is 14.5. The molecule has 1 aromatic carbocycles. The second-order valence-corrected chi connectivity index (χ2v) is 6.62. The zero-order chi connectivity index (χ0) is 20.2. The summed E-state index contributed by atoms with van der Waals surface area (Å²) in [5.74, 6) is -5.00. The molecular formula is C17H14F5N5O. The van der Waals surface area contributed by atoms with Crippen LogP contribution in [0.2, 0.25) is 0 Å². The van der Waals surface area contributed by atoms with Crippen molar-refractivity contribution < 1.29 is 27.1 Å². The van der Waals surface area contributed by atoms with Gasteiger partial charge in [-0.3, -0.25) is 0 Å². The van der Waals surface area contributed by atoms with E-state index in [0.29, 0.717) is 5.95 Å². The van der Waals surface area contributed by atoms with Crippen LogP contribution in [0, 0.1) is 11.6 Å². The highest BCUT2D eigenvalue weighted by Gasteiger charge is 2.38. The van der Waals surface area contributed by atoms with Gasteiger partial charge in [-0.1, -0.05) is 0 Å². The van der Waals surface area contributed by atoms with Crippen molar-refractivity contribution in [2.45, 2.75) is 31.5 Å². The number of rotatable bonds is 3. The Hall–Kier alpha value is -2.98. The number of alkyl halides is 3. The number of fused-ring (bicyclic) bond motifs is 1. The molecule has 28 heavy (non-hydrogen) atoms. The van der Waals surface area contributed by atoms with Gasteiger partial charge >= 0.3 is 6.18 Å². The number of aryl methyl sites for hydroxylation is 1. The van der Waals surface area contributed by atoms with Gasteiger partial charge in [-0.25, -0.2) is 18.4 Å². The van der Waals surface area contributed by atoms with E-state index in [9.17, 15) is 27.1 Å². The molecule has 2 heterocycles. The van der Waals surface area contributed by atoms with Gasteiger partial charge < -0.3 is 10.4 Å². The van der Waals surface area contributed by atoms with Crippen molar-refractivity contribution in [1.29, 1.82) is 0 Å². The third-order valence-corrected chi connectivity index (χ3v) is 4.76. The summed E-state index contributed by atoms with van der Waals surface area (Å²) in [7, 11) is 1.48. The van der Waals surface area contributed by atoms with Crippen molar-refractivity contribution in [2.24, 2.45) is 7.05 Å². The van der Waals surface area contributed by atoms with E-state index in [1.165, 1.54) is 17.9 Å². The first-order chi connectivity index (χ1) is 13.2. The van der Waals surface area contributed by atoms with Crippen molar-refractivity contribution in [3.63, 3.8) is 0 Å². The lowest BCUT2D eigenvalue weighted by Gasteiger charge is -2.26. The molecule has 2 N–H and O–H groups in total. The van der Waals surface area contributed by atoms with Crippen LogP contribution < -0.4 is 5.32 Å². The Morgan fingerprint density at radius 2 is 1.93 bits per heavy atom. The number of nitrogens with one attached hydrogen (secondary N) is 1. The maximum atomic E-state index is 14.4. The average molecular weight is 399 g/mol.